The summed E-state index contributed by atoms with van der Waals surface area (Å²) in [5.41, 5.74) is 0.977. The maximum absolute atomic E-state index is 13.0. The summed E-state index contributed by atoms with van der Waals surface area (Å²) in [6, 6.07) is 13.3. The maximum Gasteiger partial charge on any atom is 0.416 e. The Morgan fingerprint density at radius 2 is 1.83 bits per heavy atom. The van der Waals surface area contributed by atoms with Gasteiger partial charge in [-0.05, 0) is 36.6 Å². The number of hydrogen-bond donors (Lipinski definition) is 0. The Kier molecular flexibility index (Phi) is 4.42. The van der Waals surface area contributed by atoms with Crippen LogP contribution in [0, 0.1) is 0 Å². The lowest BCUT2D eigenvalue weighted by Crippen LogP contribution is -2.08. The Bertz CT molecular complexity index is 690. The second-order valence-electron chi connectivity index (χ2n) is 5.64. The third-order valence-corrected chi connectivity index (χ3v) is 3.99. The quantitative estimate of drug-likeness (QED) is 0.655. The van der Waals surface area contributed by atoms with E-state index in [2.05, 4.69) is 0 Å². The fourth-order valence-electron chi connectivity index (χ4n) is 2.77. The first kappa shape index (κ1) is 15.7. The van der Waals surface area contributed by atoms with E-state index in [4.69, 9.17) is 4.74 Å². The summed E-state index contributed by atoms with van der Waals surface area (Å²) >= 11 is 0. The molecule has 0 radical (unpaired) electrons. The summed E-state index contributed by atoms with van der Waals surface area (Å²) in [5.74, 6) is 0.515. The van der Waals surface area contributed by atoms with Crippen molar-refractivity contribution in [3.8, 4) is 5.75 Å². The number of halogens is 3. The van der Waals surface area contributed by atoms with Crippen molar-refractivity contribution >= 4 is 0 Å². The minimum Gasteiger partial charge on any atom is -0.489 e. The normalized spacial score (nSPS) is 17.4. The van der Waals surface area contributed by atoms with E-state index in [0.717, 1.165) is 24.5 Å². The maximum atomic E-state index is 13.0. The van der Waals surface area contributed by atoms with Crippen LogP contribution in [0.5, 0.6) is 5.75 Å². The van der Waals surface area contributed by atoms with E-state index in [-0.39, 0.29) is 5.92 Å². The predicted octanol–water partition coefficient (Wildman–Crippen LogP) is 5.72. The Labute approximate surface area is 133 Å². The molecule has 1 nitrogen and oxygen atoms in total. The van der Waals surface area contributed by atoms with Crippen LogP contribution in [-0.4, -0.2) is 0 Å². The van der Waals surface area contributed by atoms with Gasteiger partial charge >= 0.3 is 6.18 Å². The van der Waals surface area contributed by atoms with Crippen LogP contribution in [0.4, 0.5) is 13.2 Å². The summed E-state index contributed by atoms with van der Waals surface area (Å²) in [6.45, 7) is 0.343. The van der Waals surface area contributed by atoms with Crippen LogP contribution in [-0.2, 0) is 12.8 Å². The number of hydrogen-bond acceptors (Lipinski definition) is 1. The van der Waals surface area contributed by atoms with Gasteiger partial charge in [-0.15, -0.1) is 0 Å². The lowest BCUT2D eigenvalue weighted by atomic mass is 9.95. The first-order valence-electron chi connectivity index (χ1n) is 7.58. The summed E-state index contributed by atoms with van der Waals surface area (Å²) in [6.07, 6.45) is 1.34. The van der Waals surface area contributed by atoms with Crippen molar-refractivity contribution in [2.24, 2.45) is 0 Å². The van der Waals surface area contributed by atoms with Crippen LogP contribution in [0.15, 0.2) is 60.7 Å². The molecule has 2 aromatic rings. The van der Waals surface area contributed by atoms with Gasteiger partial charge < -0.3 is 4.74 Å². The van der Waals surface area contributed by atoms with Crippen LogP contribution >= 0.6 is 0 Å². The average molecular weight is 318 g/mol. The molecule has 23 heavy (non-hydrogen) atoms. The van der Waals surface area contributed by atoms with Gasteiger partial charge in [-0.25, -0.2) is 0 Å². The van der Waals surface area contributed by atoms with Crippen molar-refractivity contribution in [1.29, 1.82) is 0 Å². The zero-order chi connectivity index (χ0) is 16.3. The standard InChI is InChI=1S/C19H17F3O/c20-19(21,22)16-10-11-18(17(12-16)15-8-4-5-9-15)23-13-14-6-2-1-3-7-14/h1-4,6-8,10-12,15H,5,9,13H2. The molecule has 0 bridgehead atoms. The third-order valence-electron chi connectivity index (χ3n) is 3.99. The molecular weight excluding hydrogens is 301 g/mol. The van der Waals surface area contributed by atoms with Gasteiger partial charge in [0.05, 0.1) is 5.56 Å². The summed E-state index contributed by atoms with van der Waals surface area (Å²) < 4.78 is 44.7. The van der Waals surface area contributed by atoms with E-state index in [1.165, 1.54) is 12.1 Å². The van der Waals surface area contributed by atoms with Crippen molar-refractivity contribution in [2.75, 3.05) is 0 Å². The number of ether oxygens (including phenoxy) is 1. The van der Waals surface area contributed by atoms with Gasteiger partial charge in [0.2, 0.25) is 0 Å². The van der Waals surface area contributed by atoms with Crippen LogP contribution in [0.3, 0.4) is 0 Å². The summed E-state index contributed by atoms with van der Waals surface area (Å²) in [5, 5.41) is 0. The molecule has 120 valence electrons. The van der Waals surface area contributed by atoms with Crippen LogP contribution in [0.2, 0.25) is 0 Å². The van der Waals surface area contributed by atoms with Crippen LogP contribution < -0.4 is 4.74 Å². The van der Waals surface area contributed by atoms with Gasteiger partial charge in [-0.3, -0.25) is 0 Å². The molecule has 1 aliphatic rings. The molecule has 0 aromatic heterocycles. The SMILES string of the molecule is FC(F)(F)c1ccc(OCc2ccccc2)c(C2C=CCC2)c1. The zero-order valence-corrected chi connectivity index (χ0v) is 12.5. The topological polar surface area (TPSA) is 9.23 Å². The van der Waals surface area contributed by atoms with E-state index in [1.807, 2.05) is 42.5 Å². The van der Waals surface area contributed by atoms with Crippen molar-refractivity contribution in [3.05, 3.63) is 77.4 Å². The molecule has 0 aliphatic heterocycles. The van der Waals surface area contributed by atoms with Crippen LogP contribution in [0.25, 0.3) is 0 Å². The molecule has 0 N–H and O–H groups in total. The second kappa shape index (κ2) is 6.49. The highest BCUT2D eigenvalue weighted by atomic mass is 19.4. The highest BCUT2D eigenvalue weighted by Gasteiger charge is 2.32. The summed E-state index contributed by atoms with van der Waals surface area (Å²) in [7, 11) is 0. The molecule has 0 amide bonds. The Morgan fingerprint density at radius 3 is 2.48 bits per heavy atom. The molecule has 3 rings (SSSR count). The predicted molar refractivity (Wildman–Crippen MR) is 83.3 cm³/mol. The minimum absolute atomic E-state index is 0.0110. The number of alkyl halides is 3. The van der Waals surface area contributed by atoms with Gasteiger partial charge in [0, 0.05) is 11.5 Å². The lowest BCUT2D eigenvalue weighted by Gasteiger charge is -2.18. The number of benzene rings is 2. The Morgan fingerprint density at radius 1 is 1.04 bits per heavy atom. The fourth-order valence-corrected chi connectivity index (χ4v) is 2.77. The van der Waals surface area contributed by atoms with Gasteiger partial charge in [-0.1, -0.05) is 42.5 Å². The Hall–Kier alpha value is -2.23. The zero-order valence-electron chi connectivity index (χ0n) is 12.5. The van der Waals surface area contributed by atoms with Crippen molar-refractivity contribution in [3.63, 3.8) is 0 Å². The first-order chi connectivity index (χ1) is 11.0. The lowest BCUT2D eigenvalue weighted by molar-refractivity contribution is -0.137. The highest BCUT2D eigenvalue weighted by Crippen LogP contribution is 2.39. The van der Waals surface area contributed by atoms with E-state index in [1.54, 1.807) is 0 Å². The molecular formula is C19H17F3O. The molecule has 0 saturated carbocycles. The average Bonchev–Trinajstić information content (AvgIpc) is 3.07. The van der Waals surface area contributed by atoms with E-state index >= 15 is 0 Å². The van der Waals surface area contributed by atoms with Gasteiger partial charge in [-0.2, -0.15) is 13.2 Å². The molecule has 1 atom stereocenters. The van der Waals surface area contributed by atoms with E-state index in [0.29, 0.717) is 17.9 Å². The molecule has 1 aliphatic carbocycles. The van der Waals surface area contributed by atoms with Crippen molar-refractivity contribution in [2.45, 2.75) is 31.5 Å². The highest BCUT2D eigenvalue weighted by molar-refractivity contribution is 5.43. The monoisotopic (exact) mass is 318 g/mol. The van der Waals surface area contributed by atoms with Crippen molar-refractivity contribution < 1.29 is 17.9 Å². The second-order valence-corrected chi connectivity index (χ2v) is 5.64. The first-order valence-corrected chi connectivity index (χ1v) is 7.58. The molecule has 0 heterocycles. The molecule has 0 spiro atoms. The summed E-state index contributed by atoms with van der Waals surface area (Å²) in [4.78, 5) is 0. The smallest absolute Gasteiger partial charge is 0.416 e. The third kappa shape index (κ3) is 3.76. The van der Waals surface area contributed by atoms with E-state index in [9.17, 15) is 13.2 Å². The Balaban J connectivity index is 1.87. The number of allylic oxidation sites excluding steroid dienone is 2. The number of rotatable bonds is 4. The fraction of sp³-hybridized carbons (Fsp3) is 0.263. The van der Waals surface area contributed by atoms with Crippen molar-refractivity contribution in [1.82, 2.24) is 0 Å². The van der Waals surface area contributed by atoms with Gasteiger partial charge in [0.15, 0.2) is 0 Å². The minimum atomic E-state index is -4.34. The van der Waals surface area contributed by atoms with Gasteiger partial charge in [0.25, 0.3) is 0 Å². The van der Waals surface area contributed by atoms with Gasteiger partial charge in [0.1, 0.15) is 12.4 Å². The molecule has 0 saturated heterocycles. The molecule has 1 unspecified atom stereocenters. The van der Waals surface area contributed by atoms with Crippen LogP contribution in [0.1, 0.15) is 35.4 Å². The van der Waals surface area contributed by atoms with E-state index < -0.39 is 11.7 Å². The molecule has 4 heteroatoms. The molecule has 0 fully saturated rings. The largest absolute Gasteiger partial charge is 0.489 e. The molecule has 2 aromatic carbocycles.